The zero-order chi connectivity index (χ0) is 11.1. The Balaban J connectivity index is 2.43. The average Bonchev–Trinajstić information content (AvgIpc) is 2.18. The molecule has 0 fully saturated rings. The summed E-state index contributed by atoms with van der Waals surface area (Å²) in [5.41, 5.74) is 0. The second-order valence-corrected chi connectivity index (χ2v) is 6.46. The molecule has 0 aliphatic heterocycles. The average molecular weight is 339 g/mol. The molecule has 0 heterocycles. The number of hydrogen-bond acceptors (Lipinski definition) is 2. The molecule has 2 atom stereocenters. The Bertz CT molecular complexity index is 233. The van der Waals surface area contributed by atoms with E-state index in [2.05, 4.69) is 40.1 Å². The summed E-state index contributed by atoms with van der Waals surface area (Å²) in [7, 11) is 0. The highest BCUT2D eigenvalue weighted by atomic mass is 127. The van der Waals surface area contributed by atoms with E-state index in [1.54, 1.807) is 0 Å². The second kappa shape index (κ2) is 7.54. The quantitative estimate of drug-likeness (QED) is 0.472. The van der Waals surface area contributed by atoms with Crippen molar-refractivity contribution in [1.29, 1.82) is 0 Å². The first-order chi connectivity index (χ1) is 7.24. The Morgan fingerprint density at radius 2 is 2.40 bits per heavy atom. The van der Waals surface area contributed by atoms with Crippen molar-refractivity contribution in [1.82, 2.24) is 5.32 Å². The maximum Gasteiger partial charge on any atom is 0.279 e. The third-order valence-electron chi connectivity index (χ3n) is 2.43. The minimum atomic E-state index is 0.133. The second-order valence-electron chi connectivity index (χ2n) is 3.63. The molecule has 0 saturated heterocycles. The lowest BCUT2D eigenvalue weighted by atomic mass is 10.0. The zero-order valence-corrected chi connectivity index (χ0v) is 12.0. The molecule has 1 aliphatic rings. The summed E-state index contributed by atoms with van der Waals surface area (Å²) in [6.45, 7) is 2.01. The van der Waals surface area contributed by atoms with E-state index in [4.69, 9.17) is 0 Å². The Hall–Kier alpha value is 0.290. The van der Waals surface area contributed by atoms with Crippen molar-refractivity contribution >= 4 is 39.6 Å². The van der Waals surface area contributed by atoms with Crippen molar-refractivity contribution in [2.45, 2.75) is 42.6 Å². The number of alkyl halides is 1. The maximum atomic E-state index is 11.5. The number of halogens is 1. The van der Waals surface area contributed by atoms with Gasteiger partial charge < -0.3 is 5.32 Å². The highest BCUT2D eigenvalue weighted by molar-refractivity contribution is 14.1. The van der Waals surface area contributed by atoms with Crippen LogP contribution in [0.2, 0.25) is 0 Å². The zero-order valence-electron chi connectivity index (χ0n) is 9.04. The number of carbonyl (C=O) groups excluding carboxylic acids is 1. The molecular weight excluding hydrogens is 321 g/mol. The van der Waals surface area contributed by atoms with Gasteiger partial charge in [0.25, 0.3) is 5.24 Å². The van der Waals surface area contributed by atoms with Crippen LogP contribution in [-0.4, -0.2) is 21.0 Å². The van der Waals surface area contributed by atoms with Crippen molar-refractivity contribution in [2.75, 3.05) is 5.75 Å². The third-order valence-corrected chi connectivity index (χ3v) is 4.47. The predicted molar refractivity (Wildman–Crippen MR) is 75.9 cm³/mol. The van der Waals surface area contributed by atoms with E-state index < -0.39 is 0 Å². The molecule has 0 spiro atoms. The SMILES string of the molecule is CCSC(=O)N[C@@H]1CCC/C=C/CC1I. The van der Waals surface area contributed by atoms with Crippen LogP contribution in [0.4, 0.5) is 4.79 Å². The summed E-state index contributed by atoms with van der Waals surface area (Å²) < 4.78 is 0.528. The number of carbonyl (C=O) groups is 1. The number of hydrogen-bond donors (Lipinski definition) is 1. The fourth-order valence-corrected chi connectivity index (χ4v) is 2.96. The number of rotatable bonds is 2. The molecular formula is C11H18INOS. The lowest BCUT2D eigenvalue weighted by Crippen LogP contribution is -2.39. The molecule has 15 heavy (non-hydrogen) atoms. The molecule has 0 aromatic rings. The lowest BCUT2D eigenvalue weighted by Gasteiger charge is -2.24. The molecule has 1 amide bonds. The lowest BCUT2D eigenvalue weighted by molar-refractivity contribution is 0.256. The van der Waals surface area contributed by atoms with Crippen LogP contribution < -0.4 is 5.32 Å². The van der Waals surface area contributed by atoms with Crippen molar-refractivity contribution < 1.29 is 4.79 Å². The summed E-state index contributed by atoms with van der Waals surface area (Å²) in [5.74, 6) is 0.852. The standard InChI is InChI=1S/C11H18INOS/c1-2-15-11(14)13-10-8-6-4-3-5-7-9(10)12/h3,5,9-10H,2,4,6-8H2,1H3,(H,13,14)/b5-3+/t9?,10-/m1/s1. The Kier molecular flexibility index (Phi) is 6.72. The van der Waals surface area contributed by atoms with Crippen LogP contribution in [0, 0.1) is 0 Å². The van der Waals surface area contributed by atoms with Gasteiger partial charge in [0, 0.05) is 9.97 Å². The van der Waals surface area contributed by atoms with E-state index in [9.17, 15) is 4.79 Å². The molecule has 1 rings (SSSR count). The van der Waals surface area contributed by atoms with Crippen molar-refractivity contribution in [3.05, 3.63) is 12.2 Å². The minimum Gasteiger partial charge on any atom is -0.343 e. The first-order valence-corrected chi connectivity index (χ1v) is 7.69. The Labute approximate surface area is 110 Å². The van der Waals surface area contributed by atoms with Crippen LogP contribution >= 0.6 is 34.4 Å². The van der Waals surface area contributed by atoms with Crippen LogP contribution in [0.15, 0.2) is 12.2 Å². The van der Waals surface area contributed by atoms with E-state index in [1.165, 1.54) is 18.2 Å². The van der Waals surface area contributed by atoms with Gasteiger partial charge in [0.05, 0.1) is 0 Å². The molecule has 1 unspecified atom stereocenters. The van der Waals surface area contributed by atoms with Crippen molar-refractivity contribution in [3.8, 4) is 0 Å². The van der Waals surface area contributed by atoms with Gasteiger partial charge in [-0.15, -0.1) is 0 Å². The fraction of sp³-hybridized carbons (Fsp3) is 0.727. The van der Waals surface area contributed by atoms with Crippen LogP contribution in [0.3, 0.4) is 0 Å². The molecule has 4 heteroatoms. The smallest absolute Gasteiger partial charge is 0.279 e. The van der Waals surface area contributed by atoms with Gasteiger partial charge in [-0.1, -0.05) is 53.4 Å². The van der Waals surface area contributed by atoms with Crippen LogP contribution in [0.1, 0.15) is 32.6 Å². The van der Waals surface area contributed by atoms with Gasteiger partial charge in [-0.25, -0.2) is 0 Å². The number of amides is 1. The van der Waals surface area contributed by atoms with Gasteiger partial charge in [0.2, 0.25) is 0 Å². The summed E-state index contributed by atoms with van der Waals surface area (Å²) in [5, 5.41) is 3.25. The normalized spacial score (nSPS) is 28.9. The monoisotopic (exact) mass is 339 g/mol. The number of thioether (sulfide) groups is 1. The maximum absolute atomic E-state index is 11.5. The molecule has 1 aliphatic carbocycles. The van der Waals surface area contributed by atoms with E-state index in [1.807, 2.05) is 6.92 Å². The number of nitrogens with one attached hydrogen (secondary N) is 1. The first-order valence-electron chi connectivity index (χ1n) is 5.46. The molecule has 86 valence electrons. The minimum absolute atomic E-state index is 0.133. The molecule has 0 aromatic carbocycles. The summed E-state index contributed by atoms with van der Waals surface area (Å²) in [4.78, 5) is 11.5. The largest absolute Gasteiger partial charge is 0.343 e. The molecule has 0 radical (unpaired) electrons. The highest BCUT2D eigenvalue weighted by Gasteiger charge is 2.20. The van der Waals surface area contributed by atoms with Gasteiger partial charge in [-0.05, 0) is 31.4 Å². The predicted octanol–water partition coefficient (Wildman–Crippen LogP) is 3.75. The third kappa shape index (κ3) is 5.24. The van der Waals surface area contributed by atoms with Crippen molar-refractivity contribution in [3.63, 3.8) is 0 Å². The molecule has 2 nitrogen and oxygen atoms in total. The number of allylic oxidation sites excluding steroid dienone is 2. The van der Waals surface area contributed by atoms with Crippen LogP contribution in [-0.2, 0) is 0 Å². The first kappa shape index (κ1) is 13.4. The van der Waals surface area contributed by atoms with E-state index in [0.717, 1.165) is 25.0 Å². The summed E-state index contributed by atoms with van der Waals surface area (Å²) >= 11 is 3.81. The van der Waals surface area contributed by atoms with Crippen LogP contribution in [0.25, 0.3) is 0 Å². The Morgan fingerprint density at radius 1 is 1.60 bits per heavy atom. The fourth-order valence-electron chi connectivity index (χ4n) is 1.63. The van der Waals surface area contributed by atoms with Gasteiger partial charge in [-0.3, -0.25) is 4.79 Å². The molecule has 0 bridgehead atoms. The molecule has 1 N–H and O–H groups in total. The van der Waals surface area contributed by atoms with E-state index in [0.29, 0.717) is 9.97 Å². The van der Waals surface area contributed by atoms with E-state index in [-0.39, 0.29) is 5.24 Å². The highest BCUT2D eigenvalue weighted by Crippen LogP contribution is 2.20. The topological polar surface area (TPSA) is 29.1 Å². The Morgan fingerprint density at radius 3 is 3.13 bits per heavy atom. The summed E-state index contributed by atoms with van der Waals surface area (Å²) in [6.07, 6.45) is 9.00. The van der Waals surface area contributed by atoms with Gasteiger partial charge in [0.1, 0.15) is 0 Å². The van der Waals surface area contributed by atoms with Gasteiger partial charge in [0.15, 0.2) is 0 Å². The molecule has 0 aromatic heterocycles. The van der Waals surface area contributed by atoms with Gasteiger partial charge >= 0.3 is 0 Å². The van der Waals surface area contributed by atoms with Crippen LogP contribution in [0.5, 0.6) is 0 Å². The summed E-state index contributed by atoms with van der Waals surface area (Å²) in [6, 6.07) is 0.349. The van der Waals surface area contributed by atoms with Gasteiger partial charge in [-0.2, -0.15) is 0 Å². The van der Waals surface area contributed by atoms with E-state index >= 15 is 0 Å². The van der Waals surface area contributed by atoms with Crippen molar-refractivity contribution in [2.24, 2.45) is 0 Å². The molecule has 0 saturated carbocycles.